The molecule has 312 valence electrons. The van der Waals surface area contributed by atoms with E-state index in [0.29, 0.717) is 30.0 Å². The van der Waals surface area contributed by atoms with Crippen LogP contribution in [-0.2, 0) is 0 Å². The van der Waals surface area contributed by atoms with E-state index in [1.54, 1.807) is 18.2 Å². The summed E-state index contributed by atoms with van der Waals surface area (Å²) in [7, 11) is -0.290. The number of carbonyl (C=O) groups is 1. The van der Waals surface area contributed by atoms with E-state index in [2.05, 4.69) is 102 Å². The number of phenolic OH excluding ortho intramolecular Hbond substituents is 1. The number of benzene rings is 7. The van der Waals surface area contributed by atoms with Crippen molar-refractivity contribution in [2.45, 2.75) is 19.8 Å². The van der Waals surface area contributed by atoms with E-state index < -0.39 is 7.26 Å². The number of phenols is 1. The van der Waals surface area contributed by atoms with Crippen molar-refractivity contribution in [3.05, 3.63) is 191 Å². The number of amides is 1. The van der Waals surface area contributed by atoms with Gasteiger partial charge in [-0.3, -0.25) is 4.79 Å². The van der Waals surface area contributed by atoms with E-state index in [4.69, 9.17) is 4.42 Å². The summed E-state index contributed by atoms with van der Waals surface area (Å²) in [6, 6.07) is 57.5. The first-order valence-electron chi connectivity index (χ1n) is 21.6. The van der Waals surface area contributed by atoms with E-state index in [0.717, 1.165) is 77.7 Å². The van der Waals surface area contributed by atoms with Gasteiger partial charge in [0, 0.05) is 47.1 Å². The summed E-state index contributed by atoms with van der Waals surface area (Å²) in [6.07, 6.45) is 3.38. The Morgan fingerprint density at radius 1 is 0.661 bits per heavy atom. The molecule has 6 aromatic rings. The molecule has 0 unspecified atom stereocenters. The van der Waals surface area contributed by atoms with Crippen molar-refractivity contribution in [2.75, 3.05) is 50.8 Å². The molecule has 2 aliphatic heterocycles. The summed E-state index contributed by atoms with van der Waals surface area (Å²) < 4.78 is 6.40. The average molecular weight is 838 g/mol. The molecule has 8 heteroatoms. The second-order valence-electron chi connectivity index (χ2n) is 16.5. The Balaban J connectivity index is 0.886. The molecule has 3 aliphatic rings. The second-order valence-corrected chi connectivity index (χ2v) is 20.6. The molecule has 0 atom stereocenters. The monoisotopic (exact) mass is 837 g/mol. The molecule has 1 aliphatic carbocycles. The van der Waals surface area contributed by atoms with Crippen molar-refractivity contribution < 1.29 is 14.3 Å². The van der Waals surface area contributed by atoms with Crippen molar-refractivity contribution in [3.8, 4) is 28.2 Å². The fourth-order valence-corrected chi connectivity index (χ4v) is 14.4. The van der Waals surface area contributed by atoms with Crippen LogP contribution in [0.5, 0.6) is 5.75 Å². The van der Waals surface area contributed by atoms with Crippen LogP contribution in [-0.4, -0.2) is 66.7 Å². The molecule has 7 nitrogen and oxygen atoms in total. The number of carbonyl (C=O) groups excluding carboxylic acids is 1. The molecule has 0 aromatic heterocycles. The maximum atomic E-state index is 14.0. The molecule has 1 fully saturated rings. The Hall–Kier alpha value is -6.53. The third-order valence-corrected chi connectivity index (χ3v) is 17.8. The van der Waals surface area contributed by atoms with Crippen molar-refractivity contribution >= 4 is 51.4 Å². The summed E-state index contributed by atoms with van der Waals surface area (Å²) in [6.45, 7) is 6.18. The van der Waals surface area contributed by atoms with Gasteiger partial charge in [-0.1, -0.05) is 0 Å². The zero-order chi connectivity index (χ0) is 42.6. The Bertz CT molecular complexity index is 2740. The Morgan fingerprint density at radius 2 is 1.26 bits per heavy atom. The minimum absolute atomic E-state index is 0.0550. The topological polar surface area (TPSA) is 77.2 Å². The Kier molecular flexibility index (Phi) is 11.7. The third kappa shape index (κ3) is 8.14. The predicted molar refractivity (Wildman–Crippen MR) is 258 cm³/mol. The fraction of sp³-hybridized carbons (Fsp3) is 0.185. The number of fused-ring (bicyclic) bond motifs is 2. The van der Waals surface area contributed by atoms with Gasteiger partial charge in [-0.2, -0.15) is 0 Å². The zero-order valence-corrected chi connectivity index (χ0v) is 36.3. The van der Waals surface area contributed by atoms with Gasteiger partial charge in [0.25, 0.3) is 0 Å². The van der Waals surface area contributed by atoms with E-state index in [9.17, 15) is 14.7 Å². The summed E-state index contributed by atoms with van der Waals surface area (Å²) in [5, 5.41) is 15.1. The molecule has 0 bridgehead atoms. The van der Waals surface area contributed by atoms with Crippen LogP contribution in [0.3, 0.4) is 0 Å². The summed E-state index contributed by atoms with van der Waals surface area (Å²) in [5.74, 6) is 0.768. The minimum Gasteiger partial charge on any atom is -0.508 e. The predicted octanol–water partition coefficient (Wildman–Crippen LogP) is 9.61. The van der Waals surface area contributed by atoms with Crippen LogP contribution < -0.4 is 26.2 Å². The molecule has 2 heterocycles. The van der Waals surface area contributed by atoms with Crippen molar-refractivity contribution in [2.24, 2.45) is 0 Å². The fourth-order valence-electron chi connectivity index (χ4n) is 9.44. The standard InChI is InChI=1S/C54H52N3O4P/c1-39-36-40(20-27-48(39)53-49-28-23-42(55(2)41-21-24-43(58)25-22-41)37-51(49)61-52-38-44(59)26-29-50(52)53)54(60)57-33-31-56(32-34-57)30-12-13-35-62(45-14-6-3-7-15-45,46-16-8-4-9-17-46)47-18-10-5-11-19-47/h3-11,14-29,36-38,58,62H,12-13,30-35H2,1-2H3. The molecule has 0 saturated carbocycles. The molecule has 6 aromatic carbocycles. The van der Waals surface area contributed by atoms with Gasteiger partial charge in [0.15, 0.2) is 5.43 Å². The summed E-state index contributed by atoms with van der Waals surface area (Å²) >= 11 is 0. The Labute approximate surface area is 364 Å². The number of anilines is 2. The molecule has 1 amide bonds. The number of nitrogens with zero attached hydrogens (tertiary/aromatic N) is 3. The zero-order valence-electron chi connectivity index (χ0n) is 35.3. The van der Waals surface area contributed by atoms with Crippen LogP contribution in [0, 0.1) is 6.92 Å². The Morgan fingerprint density at radius 3 is 1.87 bits per heavy atom. The van der Waals surface area contributed by atoms with Gasteiger partial charge in [-0.25, -0.2) is 0 Å². The molecule has 62 heavy (non-hydrogen) atoms. The van der Waals surface area contributed by atoms with E-state index >= 15 is 0 Å². The van der Waals surface area contributed by atoms with Crippen LogP contribution in [0.1, 0.15) is 28.8 Å². The first kappa shape index (κ1) is 40.9. The van der Waals surface area contributed by atoms with Crippen molar-refractivity contribution in [3.63, 3.8) is 0 Å². The van der Waals surface area contributed by atoms with Gasteiger partial charge in [-0.15, -0.1) is 0 Å². The van der Waals surface area contributed by atoms with Gasteiger partial charge in [0.1, 0.15) is 17.1 Å². The quantitative estimate of drug-likeness (QED) is 0.0751. The molecule has 9 rings (SSSR count). The third-order valence-electron chi connectivity index (χ3n) is 12.8. The summed E-state index contributed by atoms with van der Waals surface area (Å²) in [5.41, 5.74) is 6.75. The van der Waals surface area contributed by atoms with Crippen molar-refractivity contribution in [1.82, 2.24) is 9.80 Å². The van der Waals surface area contributed by atoms with Crippen LogP contribution in [0.15, 0.2) is 179 Å². The first-order valence-corrected chi connectivity index (χ1v) is 23.8. The molecule has 0 spiro atoms. The number of aromatic hydroxyl groups is 1. The number of hydrogen-bond acceptors (Lipinski definition) is 6. The average Bonchev–Trinajstić information content (AvgIpc) is 3.31. The van der Waals surface area contributed by atoms with Gasteiger partial charge in [-0.05, 0) is 61.0 Å². The summed E-state index contributed by atoms with van der Waals surface area (Å²) in [4.78, 5) is 33.1. The van der Waals surface area contributed by atoms with Crippen molar-refractivity contribution in [1.29, 1.82) is 0 Å². The van der Waals surface area contributed by atoms with E-state index in [1.807, 2.05) is 72.3 Å². The van der Waals surface area contributed by atoms with E-state index in [1.165, 1.54) is 22.0 Å². The molecular weight excluding hydrogens is 786 g/mol. The SMILES string of the molecule is Cc1cc(C(=O)N2CCN(CCCC[PH](c3ccccc3)(c3ccccc3)c3ccccc3)CC2)ccc1-c1c2ccc(=O)cc-2oc2cc(N(C)c3ccc(O)cc3)ccc12. The van der Waals surface area contributed by atoms with Gasteiger partial charge < -0.3 is 14.4 Å². The second kappa shape index (κ2) is 17.8. The number of hydrogen-bond donors (Lipinski definition) is 1. The molecular formula is C54H52N3O4P. The molecule has 0 radical (unpaired) electrons. The van der Waals surface area contributed by atoms with Crippen LogP contribution in [0.4, 0.5) is 11.4 Å². The van der Waals surface area contributed by atoms with Gasteiger partial charge >= 0.3 is 216 Å². The number of rotatable bonds is 12. The van der Waals surface area contributed by atoms with Crippen LogP contribution >= 0.6 is 7.26 Å². The normalized spacial score (nSPS) is 13.7. The van der Waals surface area contributed by atoms with Crippen LogP contribution in [0.2, 0.25) is 0 Å². The van der Waals surface area contributed by atoms with E-state index in [-0.39, 0.29) is 17.1 Å². The molecule has 1 saturated heterocycles. The van der Waals surface area contributed by atoms with Gasteiger partial charge in [0.2, 0.25) is 0 Å². The molecule has 1 N–H and O–H groups in total. The number of aryl methyl sites for hydroxylation is 1. The number of unbranched alkanes of at least 4 members (excludes halogenated alkanes) is 1. The first-order chi connectivity index (χ1) is 30.3. The van der Waals surface area contributed by atoms with Gasteiger partial charge in [0.05, 0.1) is 0 Å². The maximum absolute atomic E-state index is 14.0. The number of piperazine rings is 1. The smallest absolute Gasteiger partial charge is 0.508 e. The minimum atomic E-state index is -2.25. The van der Waals surface area contributed by atoms with Crippen LogP contribution in [0.25, 0.3) is 33.4 Å².